The van der Waals surface area contributed by atoms with Gasteiger partial charge < -0.3 is 19.0 Å². The SMILES string of the molecule is Cc1oc(-c2ccc(-c3ccccc3)cc2)nc1CCOc1ccc(CC(C)(Oc2ccccc2)C(=O)O)c2ccccc12. The number of rotatable bonds is 11. The zero-order valence-electron chi connectivity index (χ0n) is 24.7. The fourth-order valence-electron chi connectivity index (χ4n) is 5.36. The molecule has 0 amide bonds. The maximum Gasteiger partial charge on any atom is 0.348 e. The third kappa shape index (κ3) is 6.20. The molecule has 6 rings (SSSR count). The van der Waals surface area contributed by atoms with Crippen LogP contribution in [0, 0.1) is 6.92 Å². The van der Waals surface area contributed by atoms with Crippen LogP contribution in [0.2, 0.25) is 0 Å². The molecule has 0 spiro atoms. The molecule has 6 aromatic rings. The fraction of sp³-hybridized carbons (Fsp3) is 0.158. The minimum Gasteiger partial charge on any atom is -0.493 e. The van der Waals surface area contributed by atoms with E-state index in [0.29, 0.717) is 24.7 Å². The standard InChI is InChI=1S/C38H33NO5/c1-26-34(39-36(43-26)29-19-17-28(18-20-29)27-11-5-3-6-12-27)23-24-42-35-22-21-30(32-15-9-10-16-33(32)35)25-38(2,37(40)41)44-31-13-7-4-8-14-31/h3-22H,23-25H2,1-2H3,(H,40,41). The lowest BCUT2D eigenvalue weighted by molar-refractivity contribution is -0.153. The Morgan fingerprint density at radius 1 is 0.773 bits per heavy atom. The number of fused-ring (bicyclic) bond motifs is 1. The van der Waals surface area contributed by atoms with Crippen LogP contribution in [0.25, 0.3) is 33.4 Å². The normalized spacial score (nSPS) is 12.5. The number of nitrogens with zero attached hydrogens (tertiary/aromatic N) is 1. The van der Waals surface area contributed by atoms with Crippen LogP contribution in [0.15, 0.2) is 126 Å². The van der Waals surface area contributed by atoms with Crippen LogP contribution in [0.4, 0.5) is 0 Å². The second-order valence-corrected chi connectivity index (χ2v) is 11.0. The van der Waals surface area contributed by atoms with Gasteiger partial charge in [0.05, 0.1) is 12.3 Å². The van der Waals surface area contributed by atoms with Gasteiger partial charge in [0.15, 0.2) is 0 Å². The average Bonchev–Trinajstić information content (AvgIpc) is 3.43. The van der Waals surface area contributed by atoms with Gasteiger partial charge in [-0.05, 0) is 66.3 Å². The molecule has 1 N–H and O–H groups in total. The Bertz CT molecular complexity index is 1880. The van der Waals surface area contributed by atoms with Crippen LogP contribution < -0.4 is 9.47 Å². The number of oxazole rings is 1. The monoisotopic (exact) mass is 583 g/mol. The lowest BCUT2D eigenvalue weighted by atomic mass is 9.92. The van der Waals surface area contributed by atoms with Gasteiger partial charge in [-0.3, -0.25) is 0 Å². The smallest absolute Gasteiger partial charge is 0.348 e. The largest absolute Gasteiger partial charge is 0.493 e. The second-order valence-electron chi connectivity index (χ2n) is 11.0. The van der Waals surface area contributed by atoms with Gasteiger partial charge in [-0.25, -0.2) is 9.78 Å². The third-order valence-corrected chi connectivity index (χ3v) is 7.77. The zero-order valence-corrected chi connectivity index (χ0v) is 24.7. The molecule has 220 valence electrons. The van der Waals surface area contributed by atoms with Gasteiger partial charge in [0.1, 0.15) is 17.3 Å². The van der Waals surface area contributed by atoms with Crippen molar-refractivity contribution < 1.29 is 23.8 Å². The average molecular weight is 584 g/mol. The van der Waals surface area contributed by atoms with Crippen molar-refractivity contribution in [1.29, 1.82) is 0 Å². The Morgan fingerprint density at radius 3 is 2.09 bits per heavy atom. The van der Waals surface area contributed by atoms with E-state index in [2.05, 4.69) is 24.3 Å². The first-order valence-corrected chi connectivity index (χ1v) is 14.6. The van der Waals surface area contributed by atoms with Gasteiger partial charge in [-0.2, -0.15) is 0 Å². The number of ether oxygens (including phenoxy) is 2. The van der Waals surface area contributed by atoms with Crippen molar-refractivity contribution in [3.05, 3.63) is 138 Å². The Hall–Kier alpha value is -5.36. The van der Waals surface area contributed by atoms with Gasteiger partial charge in [0.25, 0.3) is 0 Å². The first-order chi connectivity index (χ1) is 21.4. The summed E-state index contributed by atoms with van der Waals surface area (Å²) in [5, 5.41) is 11.9. The van der Waals surface area contributed by atoms with E-state index >= 15 is 0 Å². The molecule has 0 bridgehead atoms. The number of para-hydroxylation sites is 1. The molecule has 1 atom stereocenters. The van der Waals surface area contributed by atoms with E-state index in [1.807, 2.05) is 91.9 Å². The van der Waals surface area contributed by atoms with Crippen molar-refractivity contribution in [2.24, 2.45) is 0 Å². The van der Waals surface area contributed by atoms with Crippen molar-refractivity contribution in [1.82, 2.24) is 4.98 Å². The van der Waals surface area contributed by atoms with Crippen molar-refractivity contribution in [3.63, 3.8) is 0 Å². The Kier molecular flexibility index (Phi) is 8.15. The van der Waals surface area contributed by atoms with E-state index in [9.17, 15) is 9.90 Å². The highest BCUT2D eigenvalue weighted by molar-refractivity contribution is 5.92. The fourth-order valence-corrected chi connectivity index (χ4v) is 5.36. The van der Waals surface area contributed by atoms with Crippen molar-refractivity contribution >= 4 is 16.7 Å². The van der Waals surface area contributed by atoms with E-state index in [-0.39, 0.29) is 6.42 Å². The molecule has 0 radical (unpaired) electrons. The maximum atomic E-state index is 12.3. The number of aliphatic carboxylic acids is 1. The number of carboxylic acid groups (broad SMARTS) is 1. The van der Waals surface area contributed by atoms with Gasteiger partial charge in [0.2, 0.25) is 11.5 Å². The summed E-state index contributed by atoms with van der Waals surface area (Å²) in [5.41, 5.74) is 3.49. The molecule has 44 heavy (non-hydrogen) atoms. The predicted molar refractivity (Wildman–Crippen MR) is 172 cm³/mol. The number of aryl methyl sites for hydroxylation is 1. The molecule has 1 unspecified atom stereocenters. The van der Waals surface area contributed by atoms with E-state index in [0.717, 1.165) is 50.2 Å². The molecular weight excluding hydrogens is 550 g/mol. The summed E-state index contributed by atoms with van der Waals surface area (Å²) in [6.07, 6.45) is 0.765. The number of carboxylic acids is 1. The Morgan fingerprint density at radius 2 is 1.39 bits per heavy atom. The van der Waals surface area contributed by atoms with Crippen LogP contribution >= 0.6 is 0 Å². The minimum absolute atomic E-state index is 0.186. The Labute approximate surface area is 256 Å². The van der Waals surface area contributed by atoms with E-state index in [1.54, 1.807) is 19.1 Å². The van der Waals surface area contributed by atoms with Gasteiger partial charge in [-0.15, -0.1) is 0 Å². The van der Waals surface area contributed by atoms with Crippen molar-refractivity contribution in [2.75, 3.05) is 6.61 Å². The summed E-state index contributed by atoms with van der Waals surface area (Å²) in [6.45, 7) is 3.94. The summed E-state index contributed by atoms with van der Waals surface area (Å²) >= 11 is 0. The Balaban J connectivity index is 1.15. The summed E-state index contributed by atoms with van der Waals surface area (Å²) in [4.78, 5) is 17.1. The van der Waals surface area contributed by atoms with Crippen molar-refractivity contribution in [3.8, 4) is 34.1 Å². The molecule has 0 aliphatic heterocycles. The highest BCUT2D eigenvalue weighted by Crippen LogP contribution is 2.33. The molecule has 0 aliphatic rings. The zero-order chi connectivity index (χ0) is 30.5. The van der Waals surface area contributed by atoms with E-state index in [1.165, 1.54) is 0 Å². The second kappa shape index (κ2) is 12.5. The summed E-state index contributed by atoms with van der Waals surface area (Å²) in [6, 6.07) is 39.2. The van der Waals surface area contributed by atoms with E-state index < -0.39 is 11.6 Å². The third-order valence-electron chi connectivity index (χ3n) is 7.77. The van der Waals surface area contributed by atoms with Crippen LogP contribution in [0.3, 0.4) is 0 Å². The van der Waals surface area contributed by atoms with Crippen LogP contribution in [-0.2, 0) is 17.6 Å². The topological polar surface area (TPSA) is 81.8 Å². The predicted octanol–water partition coefficient (Wildman–Crippen LogP) is 8.56. The number of carbonyl (C=O) groups is 1. The number of hydrogen-bond acceptors (Lipinski definition) is 5. The van der Waals surface area contributed by atoms with Crippen LogP contribution in [-0.4, -0.2) is 28.3 Å². The number of hydrogen-bond donors (Lipinski definition) is 1. The van der Waals surface area contributed by atoms with Crippen LogP contribution in [0.5, 0.6) is 11.5 Å². The molecule has 0 aliphatic carbocycles. The van der Waals surface area contributed by atoms with Crippen LogP contribution in [0.1, 0.15) is 23.9 Å². The van der Waals surface area contributed by atoms with Gasteiger partial charge in [0, 0.05) is 23.8 Å². The molecular formula is C38H33NO5. The van der Waals surface area contributed by atoms with Crippen molar-refractivity contribution in [2.45, 2.75) is 32.3 Å². The first kappa shape index (κ1) is 28.7. The number of aromatic nitrogens is 1. The lowest BCUT2D eigenvalue weighted by Gasteiger charge is -2.27. The van der Waals surface area contributed by atoms with Gasteiger partial charge in [-0.1, -0.05) is 91.0 Å². The molecule has 0 fully saturated rings. The summed E-state index contributed by atoms with van der Waals surface area (Å²) < 4.78 is 18.3. The summed E-state index contributed by atoms with van der Waals surface area (Å²) in [7, 11) is 0. The molecule has 5 aromatic carbocycles. The maximum absolute atomic E-state index is 12.3. The molecule has 1 aromatic heterocycles. The van der Waals surface area contributed by atoms with E-state index in [4.69, 9.17) is 18.9 Å². The lowest BCUT2D eigenvalue weighted by Crippen LogP contribution is -2.43. The summed E-state index contributed by atoms with van der Waals surface area (Å²) in [5.74, 6) is 1.56. The van der Waals surface area contributed by atoms with Gasteiger partial charge >= 0.3 is 5.97 Å². The highest BCUT2D eigenvalue weighted by Gasteiger charge is 2.36. The molecule has 6 nitrogen and oxygen atoms in total. The first-order valence-electron chi connectivity index (χ1n) is 14.6. The molecule has 1 heterocycles. The molecule has 0 saturated carbocycles. The highest BCUT2D eigenvalue weighted by atomic mass is 16.5. The minimum atomic E-state index is -1.45. The quantitative estimate of drug-likeness (QED) is 0.165. The number of benzene rings is 5. The molecule has 0 saturated heterocycles. The molecule has 6 heteroatoms.